The van der Waals surface area contributed by atoms with Gasteiger partial charge in [-0.3, -0.25) is 0 Å². The van der Waals surface area contributed by atoms with Gasteiger partial charge in [0.2, 0.25) is 0 Å². The van der Waals surface area contributed by atoms with E-state index in [4.69, 9.17) is 5.73 Å². The van der Waals surface area contributed by atoms with Gasteiger partial charge < -0.3 is 5.73 Å². The van der Waals surface area contributed by atoms with Gasteiger partial charge in [-0.2, -0.15) is 0 Å². The average Bonchev–Trinajstić information content (AvgIpc) is 2.46. The average molecular weight is 362 g/mol. The van der Waals surface area contributed by atoms with Gasteiger partial charge in [-0.15, -0.1) is 0 Å². The first-order chi connectivity index (χ1) is 10.6. The van der Waals surface area contributed by atoms with Crippen molar-refractivity contribution >= 4 is 22.0 Å². The van der Waals surface area contributed by atoms with Crippen LogP contribution in [0.1, 0.15) is 29.2 Å². The second-order valence-electron chi connectivity index (χ2n) is 5.43. The topological polar surface area (TPSA) is 26.0 Å². The maximum atomic E-state index is 13.2. The molecule has 1 nitrogen and oxygen atoms in total. The van der Waals surface area contributed by atoms with E-state index in [-0.39, 0.29) is 0 Å². The van der Waals surface area contributed by atoms with Gasteiger partial charge in [-0.05, 0) is 41.7 Å². The smallest absolute Gasteiger partial charge is 0.101 e. The summed E-state index contributed by atoms with van der Waals surface area (Å²) in [7, 11) is 0. The third-order valence-corrected chi connectivity index (χ3v) is 4.16. The van der Waals surface area contributed by atoms with Crippen LogP contribution in [-0.2, 0) is 12.8 Å². The first-order valence-electron chi connectivity index (χ1n) is 7.46. The number of hydrogen-bond acceptors (Lipinski definition) is 1. The van der Waals surface area contributed by atoms with Crippen LogP contribution >= 0.6 is 15.9 Å². The molecule has 1 unspecified atom stereocenters. The number of alkyl halides is 1. The van der Waals surface area contributed by atoms with Crippen molar-refractivity contribution in [2.75, 3.05) is 6.54 Å². The van der Waals surface area contributed by atoms with Gasteiger partial charge in [0.25, 0.3) is 0 Å². The Hall–Kier alpha value is -1.45. The summed E-state index contributed by atoms with van der Waals surface area (Å²) in [6.45, 7) is 2.11. The fourth-order valence-electron chi connectivity index (χ4n) is 2.52. The predicted octanol–water partition coefficient (Wildman–Crippen LogP) is 4.91. The molecule has 0 amide bonds. The molecule has 0 bridgehead atoms. The zero-order valence-corrected chi connectivity index (χ0v) is 14.3. The number of halogens is 2. The molecule has 0 fully saturated rings. The van der Waals surface area contributed by atoms with Gasteiger partial charge in [0.15, 0.2) is 0 Å². The molecule has 116 valence electrons. The highest BCUT2D eigenvalue weighted by Crippen LogP contribution is 2.25. The van der Waals surface area contributed by atoms with E-state index in [1.807, 2.05) is 36.4 Å². The first-order valence-corrected chi connectivity index (χ1v) is 8.25. The lowest BCUT2D eigenvalue weighted by atomic mass is 9.97. The molecule has 0 aliphatic heterocycles. The Kier molecular flexibility index (Phi) is 6.34. The van der Waals surface area contributed by atoms with Gasteiger partial charge in [-0.1, -0.05) is 64.5 Å². The monoisotopic (exact) mass is 361 g/mol. The second-order valence-corrected chi connectivity index (χ2v) is 6.29. The van der Waals surface area contributed by atoms with Gasteiger partial charge in [0.1, 0.15) is 6.17 Å². The molecule has 0 saturated carbocycles. The first kappa shape index (κ1) is 16.9. The van der Waals surface area contributed by atoms with Crippen LogP contribution in [0.3, 0.4) is 0 Å². The highest BCUT2D eigenvalue weighted by molar-refractivity contribution is 9.10. The number of benzene rings is 2. The lowest BCUT2D eigenvalue weighted by Gasteiger charge is -2.10. The molecule has 0 radical (unpaired) electrons. The molecule has 2 rings (SSSR count). The maximum absolute atomic E-state index is 13.2. The quantitative estimate of drug-likeness (QED) is 0.776. The SMILES string of the molecule is CC(F)Cc1cccc(Cc2cccc(Br)c2/C=C\CN)c1. The molecule has 2 aromatic rings. The van der Waals surface area contributed by atoms with Crippen molar-refractivity contribution in [3.63, 3.8) is 0 Å². The highest BCUT2D eigenvalue weighted by atomic mass is 79.9. The fraction of sp³-hybridized carbons (Fsp3) is 0.263. The van der Waals surface area contributed by atoms with Crippen LogP contribution in [0.15, 0.2) is 53.0 Å². The third-order valence-electron chi connectivity index (χ3n) is 3.47. The maximum Gasteiger partial charge on any atom is 0.101 e. The van der Waals surface area contributed by atoms with Crippen LogP contribution < -0.4 is 5.73 Å². The Morgan fingerprint density at radius 3 is 2.64 bits per heavy atom. The summed E-state index contributed by atoms with van der Waals surface area (Å²) in [6.07, 6.45) is 4.46. The standard InChI is InChI=1S/C19H21BrFN/c1-14(21)11-15-5-2-6-16(12-15)13-17-7-3-9-19(20)18(17)8-4-10-22/h2-9,12,14H,10-11,13,22H2,1H3/b8-4-. The minimum atomic E-state index is -0.816. The summed E-state index contributed by atoms with van der Waals surface area (Å²) < 4.78 is 14.2. The number of hydrogen-bond donors (Lipinski definition) is 1. The molecule has 1 atom stereocenters. The molecule has 0 aliphatic carbocycles. The van der Waals surface area contributed by atoms with Gasteiger partial charge in [0, 0.05) is 17.4 Å². The molecule has 0 aromatic heterocycles. The lowest BCUT2D eigenvalue weighted by Crippen LogP contribution is -2.00. The molecule has 22 heavy (non-hydrogen) atoms. The van der Waals surface area contributed by atoms with Gasteiger partial charge in [-0.25, -0.2) is 4.39 Å². The van der Waals surface area contributed by atoms with Crippen LogP contribution in [-0.4, -0.2) is 12.7 Å². The summed E-state index contributed by atoms with van der Waals surface area (Å²) in [5.74, 6) is 0. The van der Waals surface area contributed by atoms with Crippen molar-refractivity contribution in [1.29, 1.82) is 0 Å². The van der Waals surface area contributed by atoms with E-state index in [1.165, 1.54) is 11.1 Å². The zero-order valence-electron chi connectivity index (χ0n) is 12.7. The van der Waals surface area contributed by atoms with Crippen molar-refractivity contribution < 1.29 is 4.39 Å². The minimum absolute atomic E-state index is 0.465. The highest BCUT2D eigenvalue weighted by Gasteiger charge is 2.07. The van der Waals surface area contributed by atoms with E-state index >= 15 is 0 Å². The van der Waals surface area contributed by atoms with Crippen LogP contribution in [0, 0.1) is 0 Å². The van der Waals surface area contributed by atoms with E-state index in [2.05, 4.69) is 34.1 Å². The summed E-state index contributed by atoms with van der Waals surface area (Å²) in [5.41, 5.74) is 10.2. The van der Waals surface area contributed by atoms with Crippen molar-refractivity contribution in [2.24, 2.45) is 5.73 Å². The Morgan fingerprint density at radius 2 is 1.91 bits per heavy atom. The van der Waals surface area contributed by atoms with E-state index in [1.54, 1.807) is 6.92 Å². The van der Waals surface area contributed by atoms with E-state index in [0.29, 0.717) is 13.0 Å². The lowest BCUT2D eigenvalue weighted by molar-refractivity contribution is 0.360. The predicted molar refractivity (Wildman–Crippen MR) is 95.8 cm³/mol. The fourth-order valence-corrected chi connectivity index (χ4v) is 3.06. The van der Waals surface area contributed by atoms with Crippen LogP contribution in [0.25, 0.3) is 6.08 Å². The zero-order chi connectivity index (χ0) is 15.9. The molecule has 0 saturated heterocycles. The molecular weight excluding hydrogens is 341 g/mol. The normalized spacial score (nSPS) is 12.7. The van der Waals surface area contributed by atoms with Crippen LogP contribution in [0.4, 0.5) is 4.39 Å². The van der Waals surface area contributed by atoms with Crippen molar-refractivity contribution in [3.05, 3.63) is 75.3 Å². The molecule has 2 N–H and O–H groups in total. The van der Waals surface area contributed by atoms with Crippen LogP contribution in [0.5, 0.6) is 0 Å². The summed E-state index contributed by atoms with van der Waals surface area (Å²) in [4.78, 5) is 0. The Morgan fingerprint density at radius 1 is 1.18 bits per heavy atom. The van der Waals surface area contributed by atoms with E-state index in [9.17, 15) is 4.39 Å². The van der Waals surface area contributed by atoms with Crippen molar-refractivity contribution in [3.8, 4) is 0 Å². The largest absolute Gasteiger partial charge is 0.327 e. The molecule has 2 aromatic carbocycles. The van der Waals surface area contributed by atoms with Gasteiger partial charge >= 0.3 is 0 Å². The summed E-state index contributed by atoms with van der Waals surface area (Å²) in [5, 5.41) is 0. The Bertz CT molecular complexity index is 650. The summed E-state index contributed by atoms with van der Waals surface area (Å²) in [6, 6.07) is 14.3. The molecule has 3 heteroatoms. The van der Waals surface area contributed by atoms with E-state index in [0.717, 1.165) is 22.0 Å². The molecule has 0 spiro atoms. The van der Waals surface area contributed by atoms with Crippen molar-refractivity contribution in [1.82, 2.24) is 0 Å². The van der Waals surface area contributed by atoms with Crippen molar-refractivity contribution in [2.45, 2.75) is 25.9 Å². The minimum Gasteiger partial charge on any atom is -0.327 e. The number of rotatable bonds is 6. The Balaban J connectivity index is 2.27. The molecule has 0 heterocycles. The second kappa shape index (κ2) is 8.25. The van der Waals surface area contributed by atoms with Gasteiger partial charge in [0.05, 0.1) is 0 Å². The third kappa shape index (κ3) is 4.79. The number of nitrogens with two attached hydrogens (primary N) is 1. The molecule has 0 aliphatic rings. The van der Waals surface area contributed by atoms with E-state index < -0.39 is 6.17 Å². The Labute approximate surface area is 140 Å². The summed E-state index contributed by atoms with van der Waals surface area (Å²) >= 11 is 3.60. The van der Waals surface area contributed by atoms with Crippen LogP contribution in [0.2, 0.25) is 0 Å². The molecular formula is C19H21BrFN.